The number of rotatable bonds is 4. The summed E-state index contributed by atoms with van der Waals surface area (Å²) in [5.41, 5.74) is 1.96. The first kappa shape index (κ1) is 18.9. The predicted octanol–water partition coefficient (Wildman–Crippen LogP) is 3.50. The predicted molar refractivity (Wildman–Crippen MR) is 106 cm³/mol. The van der Waals surface area contributed by atoms with Gasteiger partial charge in [0.2, 0.25) is 11.8 Å². The first-order valence-electron chi connectivity index (χ1n) is 9.58. The summed E-state index contributed by atoms with van der Waals surface area (Å²) in [4.78, 5) is 28.9. The van der Waals surface area contributed by atoms with Gasteiger partial charge in [0, 0.05) is 37.1 Å². The Kier molecular flexibility index (Phi) is 5.36. The standard InChI is InChI=1S/C22H22ClFN2O2/c23-17-5-1-15(2-6-17)13-21(27)25-9-11-26(12-10-25)22(28)20-14-19(20)16-3-7-18(24)8-4-16/h1-8,19-20H,9-14H2. The topological polar surface area (TPSA) is 40.6 Å². The molecule has 1 aliphatic carbocycles. The lowest BCUT2D eigenvalue weighted by atomic mass is 10.1. The van der Waals surface area contributed by atoms with Crippen molar-refractivity contribution in [3.63, 3.8) is 0 Å². The number of hydrogen-bond acceptors (Lipinski definition) is 2. The highest BCUT2D eigenvalue weighted by Crippen LogP contribution is 2.48. The molecule has 1 aliphatic heterocycles. The lowest BCUT2D eigenvalue weighted by Gasteiger charge is -2.35. The van der Waals surface area contributed by atoms with Crippen molar-refractivity contribution in [1.82, 2.24) is 9.80 Å². The fourth-order valence-corrected chi connectivity index (χ4v) is 3.97. The molecule has 2 amide bonds. The van der Waals surface area contributed by atoms with E-state index in [1.165, 1.54) is 12.1 Å². The highest BCUT2D eigenvalue weighted by atomic mass is 35.5. The second-order valence-electron chi connectivity index (χ2n) is 7.51. The highest BCUT2D eigenvalue weighted by Gasteiger charge is 2.46. The number of nitrogens with zero attached hydrogens (tertiary/aromatic N) is 2. The van der Waals surface area contributed by atoms with Crippen LogP contribution in [0.2, 0.25) is 5.02 Å². The summed E-state index contributed by atoms with van der Waals surface area (Å²) >= 11 is 5.88. The molecule has 28 heavy (non-hydrogen) atoms. The molecule has 0 aromatic heterocycles. The van der Waals surface area contributed by atoms with Gasteiger partial charge in [-0.15, -0.1) is 0 Å². The molecule has 1 saturated heterocycles. The van der Waals surface area contributed by atoms with Crippen LogP contribution >= 0.6 is 11.6 Å². The van der Waals surface area contributed by atoms with Gasteiger partial charge in [-0.25, -0.2) is 4.39 Å². The van der Waals surface area contributed by atoms with Crippen LogP contribution in [0.3, 0.4) is 0 Å². The van der Waals surface area contributed by atoms with Gasteiger partial charge in [-0.3, -0.25) is 9.59 Å². The minimum Gasteiger partial charge on any atom is -0.339 e. The molecule has 2 aromatic rings. The summed E-state index contributed by atoms with van der Waals surface area (Å²) in [6.45, 7) is 2.26. The zero-order valence-corrected chi connectivity index (χ0v) is 16.2. The van der Waals surface area contributed by atoms with Crippen LogP contribution in [-0.2, 0) is 16.0 Å². The lowest BCUT2D eigenvalue weighted by molar-refractivity contribution is -0.140. The first-order chi connectivity index (χ1) is 13.5. The molecule has 0 radical (unpaired) electrons. The molecular weight excluding hydrogens is 379 g/mol. The van der Waals surface area contributed by atoms with E-state index in [0.717, 1.165) is 17.5 Å². The largest absolute Gasteiger partial charge is 0.339 e. The summed E-state index contributed by atoms with van der Waals surface area (Å²) in [6, 6.07) is 13.7. The van der Waals surface area contributed by atoms with Gasteiger partial charge in [0.15, 0.2) is 0 Å². The Morgan fingerprint density at radius 1 is 0.929 bits per heavy atom. The number of piperazine rings is 1. The summed E-state index contributed by atoms with van der Waals surface area (Å²) in [6.07, 6.45) is 1.17. The lowest BCUT2D eigenvalue weighted by Crippen LogP contribution is -2.51. The minimum absolute atomic E-state index is 0.0122. The number of carbonyl (C=O) groups excluding carboxylic acids is 2. The Labute approximate surface area is 168 Å². The van der Waals surface area contributed by atoms with Crippen LogP contribution in [0.25, 0.3) is 0 Å². The van der Waals surface area contributed by atoms with E-state index in [4.69, 9.17) is 11.6 Å². The number of hydrogen-bond donors (Lipinski definition) is 0. The maximum atomic E-state index is 13.1. The highest BCUT2D eigenvalue weighted by molar-refractivity contribution is 6.30. The Morgan fingerprint density at radius 2 is 1.54 bits per heavy atom. The Bertz CT molecular complexity index is 861. The Balaban J connectivity index is 1.27. The van der Waals surface area contributed by atoms with E-state index >= 15 is 0 Å². The van der Waals surface area contributed by atoms with Crippen LogP contribution in [0.15, 0.2) is 48.5 Å². The number of amides is 2. The van der Waals surface area contributed by atoms with Crippen molar-refractivity contribution in [3.05, 3.63) is 70.5 Å². The molecule has 2 aromatic carbocycles. The molecule has 1 saturated carbocycles. The van der Waals surface area contributed by atoms with Crippen molar-refractivity contribution in [3.8, 4) is 0 Å². The molecule has 2 aliphatic rings. The van der Waals surface area contributed by atoms with Gasteiger partial charge in [0.1, 0.15) is 5.82 Å². The quantitative estimate of drug-likeness (QED) is 0.788. The molecule has 6 heteroatoms. The van der Waals surface area contributed by atoms with E-state index in [1.54, 1.807) is 24.3 Å². The van der Waals surface area contributed by atoms with Crippen LogP contribution in [0.5, 0.6) is 0 Å². The smallest absolute Gasteiger partial charge is 0.227 e. The molecule has 4 nitrogen and oxygen atoms in total. The zero-order valence-electron chi connectivity index (χ0n) is 15.5. The van der Waals surface area contributed by atoms with Gasteiger partial charge in [0.05, 0.1) is 6.42 Å². The molecule has 2 unspecified atom stereocenters. The van der Waals surface area contributed by atoms with Gasteiger partial charge in [0.25, 0.3) is 0 Å². The second-order valence-corrected chi connectivity index (χ2v) is 7.95. The number of benzene rings is 2. The maximum absolute atomic E-state index is 13.1. The number of halogens is 2. The molecule has 4 rings (SSSR count). The summed E-state index contributed by atoms with van der Waals surface area (Å²) in [5.74, 6) is 0.148. The van der Waals surface area contributed by atoms with E-state index in [2.05, 4.69) is 0 Å². The summed E-state index contributed by atoms with van der Waals surface area (Å²) in [7, 11) is 0. The van der Waals surface area contributed by atoms with Crippen LogP contribution in [0, 0.1) is 11.7 Å². The van der Waals surface area contributed by atoms with E-state index < -0.39 is 0 Å². The van der Waals surface area contributed by atoms with Crippen LogP contribution < -0.4 is 0 Å². The van der Waals surface area contributed by atoms with Crippen molar-refractivity contribution >= 4 is 23.4 Å². The molecule has 2 fully saturated rings. The van der Waals surface area contributed by atoms with E-state index in [-0.39, 0.29) is 29.5 Å². The average Bonchev–Trinajstić information content (AvgIpc) is 3.51. The van der Waals surface area contributed by atoms with E-state index in [0.29, 0.717) is 37.6 Å². The van der Waals surface area contributed by atoms with Crippen LogP contribution in [0.1, 0.15) is 23.5 Å². The average molecular weight is 401 g/mol. The molecule has 146 valence electrons. The minimum atomic E-state index is -0.258. The zero-order chi connectivity index (χ0) is 19.7. The summed E-state index contributed by atoms with van der Waals surface area (Å²) < 4.78 is 13.1. The van der Waals surface area contributed by atoms with Gasteiger partial charge in [-0.1, -0.05) is 35.9 Å². The number of carbonyl (C=O) groups is 2. The van der Waals surface area contributed by atoms with E-state index in [1.807, 2.05) is 21.9 Å². The third kappa shape index (κ3) is 4.20. The van der Waals surface area contributed by atoms with Crippen molar-refractivity contribution in [1.29, 1.82) is 0 Å². The molecular formula is C22H22ClFN2O2. The third-order valence-electron chi connectivity index (χ3n) is 5.62. The van der Waals surface area contributed by atoms with Gasteiger partial charge >= 0.3 is 0 Å². The van der Waals surface area contributed by atoms with Crippen molar-refractivity contribution < 1.29 is 14.0 Å². The van der Waals surface area contributed by atoms with Gasteiger partial charge in [-0.2, -0.15) is 0 Å². The molecule has 0 N–H and O–H groups in total. The first-order valence-corrected chi connectivity index (χ1v) is 9.95. The molecule has 0 bridgehead atoms. The van der Waals surface area contributed by atoms with Crippen molar-refractivity contribution in [2.45, 2.75) is 18.8 Å². The van der Waals surface area contributed by atoms with Crippen molar-refractivity contribution in [2.24, 2.45) is 5.92 Å². The molecule has 0 spiro atoms. The van der Waals surface area contributed by atoms with Gasteiger partial charge in [-0.05, 0) is 47.7 Å². The fraction of sp³-hybridized carbons (Fsp3) is 0.364. The normalized spacial score (nSPS) is 21.5. The third-order valence-corrected chi connectivity index (χ3v) is 5.87. The maximum Gasteiger partial charge on any atom is 0.227 e. The van der Waals surface area contributed by atoms with Crippen LogP contribution in [-0.4, -0.2) is 47.8 Å². The van der Waals surface area contributed by atoms with E-state index in [9.17, 15) is 14.0 Å². The Hall–Kier alpha value is -2.40. The molecule has 1 heterocycles. The van der Waals surface area contributed by atoms with Crippen LogP contribution in [0.4, 0.5) is 4.39 Å². The fourth-order valence-electron chi connectivity index (χ4n) is 3.85. The second kappa shape index (κ2) is 7.92. The summed E-state index contributed by atoms with van der Waals surface area (Å²) in [5, 5.41) is 0.655. The van der Waals surface area contributed by atoms with Crippen molar-refractivity contribution in [2.75, 3.05) is 26.2 Å². The Morgan fingerprint density at radius 3 is 2.18 bits per heavy atom. The van der Waals surface area contributed by atoms with Gasteiger partial charge < -0.3 is 9.80 Å². The molecule has 2 atom stereocenters. The monoisotopic (exact) mass is 400 g/mol. The SMILES string of the molecule is O=C(Cc1ccc(Cl)cc1)N1CCN(C(=O)C2CC2c2ccc(F)cc2)CC1.